The summed E-state index contributed by atoms with van der Waals surface area (Å²) < 4.78 is 259. The number of halogens is 19. The molecule has 0 unspecified atom stereocenters. The fourth-order valence-electron chi connectivity index (χ4n) is 1.66. The molecule has 0 aromatic heterocycles. The fourth-order valence-corrected chi connectivity index (χ4v) is 1.66. The average molecular weight is 674 g/mol. The smallest absolute Gasteiger partial charge is 0.459 e. The molecule has 0 aliphatic heterocycles. The van der Waals surface area contributed by atoms with Crippen molar-refractivity contribution in [1.82, 2.24) is 0 Å². The van der Waals surface area contributed by atoms with Gasteiger partial charge in [0, 0.05) is 5.57 Å². The van der Waals surface area contributed by atoms with Gasteiger partial charge in [-0.15, -0.1) is 0 Å². The summed E-state index contributed by atoms with van der Waals surface area (Å²) in [6, 6.07) is 0. The number of carbonyl (C=O) groups is 2. The van der Waals surface area contributed by atoms with E-state index in [1.54, 1.807) is 0 Å². The Morgan fingerprint density at radius 2 is 0.857 bits per heavy atom. The van der Waals surface area contributed by atoms with E-state index in [4.69, 9.17) is 0 Å². The van der Waals surface area contributed by atoms with Gasteiger partial charge in [-0.25, -0.2) is 23.8 Å². The van der Waals surface area contributed by atoms with Gasteiger partial charge in [0.1, 0.15) is 13.2 Å². The number of ether oxygens (including phenoxy) is 5. The van der Waals surface area contributed by atoms with Crippen LogP contribution in [-0.2, 0) is 33.3 Å². The highest BCUT2D eigenvalue weighted by molar-refractivity contribution is 5.86. The lowest BCUT2D eigenvalue weighted by molar-refractivity contribution is -0.567. The van der Waals surface area contributed by atoms with Crippen LogP contribution in [0.2, 0.25) is 0 Å². The quantitative estimate of drug-likeness (QED) is 0.0901. The molecular weight excluding hydrogens is 665 g/mol. The highest BCUT2D eigenvalue weighted by Gasteiger charge is 2.85. The van der Waals surface area contributed by atoms with Crippen molar-refractivity contribution in [3.8, 4) is 0 Å². The standard InChI is InChI=1S/C16H9F19O7/c1-5(2)6(36)38-3-4-39-7(37)8(17,18)40-13(28,29)14(30,31)42-16(34,35)15(32,33)41-12(26,27)10(21,22)9(19,20)11(23,24)25/h1,3-4H2,2H3. The normalized spacial score (nSPS) is 15.0. The molecule has 0 saturated heterocycles. The summed E-state index contributed by atoms with van der Waals surface area (Å²) in [4.78, 5) is 22.0. The lowest BCUT2D eigenvalue weighted by atomic mass is 10.1. The Morgan fingerprint density at radius 1 is 0.524 bits per heavy atom. The first kappa shape index (κ1) is 39.2. The fraction of sp³-hybridized carbons (Fsp3) is 0.750. The maximum atomic E-state index is 13.4. The largest absolute Gasteiger partial charge is 0.460 e. The zero-order valence-electron chi connectivity index (χ0n) is 19.2. The van der Waals surface area contributed by atoms with E-state index in [1.165, 1.54) is 9.47 Å². The Balaban J connectivity index is 5.85. The summed E-state index contributed by atoms with van der Waals surface area (Å²) in [6.07, 6.45) is -53.1. The summed E-state index contributed by atoms with van der Waals surface area (Å²) in [5, 5.41) is 0. The first-order valence-electron chi connectivity index (χ1n) is 9.31. The molecule has 0 aromatic carbocycles. The Labute approximate surface area is 217 Å². The SMILES string of the molecule is C=C(C)C(=O)OCCOC(=O)C(F)(F)OC(F)(F)C(F)(F)OC(F)(F)C(F)(F)OC(F)(F)C(F)(F)C(F)(F)C(F)(F)F. The molecule has 7 nitrogen and oxygen atoms in total. The van der Waals surface area contributed by atoms with E-state index >= 15 is 0 Å². The molecular formula is C16H9F19O7. The van der Waals surface area contributed by atoms with Gasteiger partial charge in [-0.05, 0) is 6.92 Å². The summed E-state index contributed by atoms with van der Waals surface area (Å²) in [5.74, 6) is -20.9. The van der Waals surface area contributed by atoms with Crippen molar-refractivity contribution in [2.75, 3.05) is 13.2 Å². The van der Waals surface area contributed by atoms with Crippen molar-refractivity contribution < 1.29 is 117 Å². The van der Waals surface area contributed by atoms with Crippen LogP contribution in [0.1, 0.15) is 6.92 Å². The first-order valence-corrected chi connectivity index (χ1v) is 9.31. The summed E-state index contributed by atoms with van der Waals surface area (Å²) in [7, 11) is 0. The molecule has 26 heteroatoms. The average Bonchev–Trinajstić information content (AvgIpc) is 2.72. The molecule has 0 rings (SSSR count). The summed E-state index contributed by atoms with van der Waals surface area (Å²) >= 11 is 0. The second-order valence-corrected chi connectivity index (χ2v) is 7.11. The molecule has 248 valence electrons. The monoisotopic (exact) mass is 674 g/mol. The van der Waals surface area contributed by atoms with Gasteiger partial charge >= 0.3 is 66.6 Å². The molecule has 0 aliphatic rings. The number of alkyl halides is 19. The van der Waals surface area contributed by atoms with Gasteiger partial charge in [-0.3, -0.25) is 0 Å². The predicted molar refractivity (Wildman–Crippen MR) is 85.6 cm³/mol. The van der Waals surface area contributed by atoms with Crippen LogP contribution in [0.5, 0.6) is 0 Å². The topological polar surface area (TPSA) is 80.3 Å². The van der Waals surface area contributed by atoms with Crippen molar-refractivity contribution >= 4 is 11.9 Å². The van der Waals surface area contributed by atoms with Crippen LogP contribution >= 0.6 is 0 Å². The zero-order chi connectivity index (χ0) is 34.2. The Morgan fingerprint density at radius 3 is 1.21 bits per heavy atom. The van der Waals surface area contributed by atoms with Crippen LogP contribution in [0.4, 0.5) is 83.4 Å². The van der Waals surface area contributed by atoms with E-state index < -0.39 is 79.8 Å². The summed E-state index contributed by atoms with van der Waals surface area (Å²) in [6.45, 7) is 1.46. The van der Waals surface area contributed by atoms with E-state index in [1.807, 2.05) is 4.74 Å². The lowest BCUT2D eigenvalue weighted by Gasteiger charge is -2.37. The molecule has 0 fully saturated rings. The van der Waals surface area contributed by atoms with Crippen LogP contribution in [0.25, 0.3) is 0 Å². The van der Waals surface area contributed by atoms with E-state index in [-0.39, 0.29) is 5.57 Å². The van der Waals surface area contributed by atoms with Crippen molar-refractivity contribution in [2.45, 2.75) is 61.6 Å². The van der Waals surface area contributed by atoms with Crippen molar-refractivity contribution in [2.24, 2.45) is 0 Å². The van der Waals surface area contributed by atoms with Gasteiger partial charge in [0.2, 0.25) is 0 Å². The van der Waals surface area contributed by atoms with Crippen molar-refractivity contribution in [1.29, 1.82) is 0 Å². The first-order chi connectivity index (χ1) is 18.1. The Bertz CT molecular complexity index is 1000. The second kappa shape index (κ2) is 11.7. The number of esters is 2. The number of rotatable bonds is 15. The molecule has 0 aliphatic carbocycles. The molecule has 0 atom stereocenters. The lowest BCUT2D eigenvalue weighted by Crippen LogP contribution is -2.65. The number of hydrogen-bond donors (Lipinski definition) is 0. The van der Waals surface area contributed by atoms with E-state index in [9.17, 15) is 93.0 Å². The van der Waals surface area contributed by atoms with Gasteiger partial charge in [0.05, 0.1) is 0 Å². The second-order valence-electron chi connectivity index (χ2n) is 7.11. The summed E-state index contributed by atoms with van der Waals surface area (Å²) in [5.41, 5.74) is -0.318. The van der Waals surface area contributed by atoms with Gasteiger partial charge < -0.3 is 9.47 Å². The van der Waals surface area contributed by atoms with Crippen molar-refractivity contribution in [3.63, 3.8) is 0 Å². The zero-order valence-corrected chi connectivity index (χ0v) is 19.2. The number of carbonyl (C=O) groups excluding carboxylic acids is 2. The molecule has 0 aromatic rings. The van der Waals surface area contributed by atoms with Gasteiger partial charge in [0.25, 0.3) is 0 Å². The van der Waals surface area contributed by atoms with Gasteiger partial charge in [0.15, 0.2) is 0 Å². The molecule has 0 bridgehead atoms. The maximum Gasteiger partial charge on any atom is 0.460 e. The molecule has 0 spiro atoms. The van der Waals surface area contributed by atoms with Crippen molar-refractivity contribution in [3.05, 3.63) is 12.2 Å². The molecule has 0 saturated carbocycles. The van der Waals surface area contributed by atoms with E-state index in [0.717, 1.165) is 6.92 Å². The van der Waals surface area contributed by atoms with Crippen LogP contribution < -0.4 is 0 Å². The highest BCUT2D eigenvalue weighted by Crippen LogP contribution is 2.56. The molecule has 0 heterocycles. The third-order valence-corrected chi connectivity index (χ3v) is 3.70. The molecule has 42 heavy (non-hydrogen) atoms. The van der Waals surface area contributed by atoms with Crippen LogP contribution in [0.15, 0.2) is 12.2 Å². The Hall–Kier alpha value is -2.77. The highest BCUT2D eigenvalue weighted by atomic mass is 19.4. The van der Waals surface area contributed by atoms with Crippen LogP contribution in [0, 0.1) is 0 Å². The molecule has 0 N–H and O–H groups in total. The minimum Gasteiger partial charge on any atom is -0.459 e. The van der Waals surface area contributed by atoms with Crippen LogP contribution in [-0.4, -0.2) is 79.8 Å². The minimum atomic E-state index is -8.24. The molecule has 0 amide bonds. The third-order valence-electron chi connectivity index (χ3n) is 3.70. The Kier molecular flexibility index (Phi) is 11.0. The minimum absolute atomic E-state index is 0.318. The van der Waals surface area contributed by atoms with Gasteiger partial charge in [-0.2, -0.15) is 83.4 Å². The number of hydrogen-bond acceptors (Lipinski definition) is 7. The predicted octanol–water partition coefficient (Wildman–Crippen LogP) is 6.09. The maximum absolute atomic E-state index is 13.4. The van der Waals surface area contributed by atoms with E-state index in [0.29, 0.717) is 0 Å². The van der Waals surface area contributed by atoms with E-state index in [2.05, 4.69) is 16.1 Å². The van der Waals surface area contributed by atoms with Crippen LogP contribution in [0.3, 0.4) is 0 Å². The van der Waals surface area contributed by atoms with Gasteiger partial charge in [-0.1, -0.05) is 6.58 Å². The third kappa shape index (κ3) is 8.19. The molecule has 0 radical (unpaired) electrons.